The molecule has 0 radical (unpaired) electrons. The molecule has 5 nitrogen and oxygen atoms in total. The highest BCUT2D eigenvalue weighted by Gasteiger charge is 2.13. The molecule has 2 N–H and O–H groups in total. The van der Waals surface area contributed by atoms with Gasteiger partial charge in [0.15, 0.2) is 5.69 Å². The number of hydrogen-bond acceptors (Lipinski definition) is 4. The first-order valence-corrected chi connectivity index (χ1v) is 6.56. The van der Waals surface area contributed by atoms with Gasteiger partial charge in [0.2, 0.25) is 0 Å². The molecule has 2 rings (SSSR count). The molecule has 104 valence electrons. The van der Waals surface area contributed by atoms with Crippen molar-refractivity contribution < 1.29 is 4.79 Å². The van der Waals surface area contributed by atoms with Crippen LogP contribution in [-0.2, 0) is 0 Å². The van der Waals surface area contributed by atoms with Gasteiger partial charge in [-0.05, 0) is 36.8 Å². The molecule has 2 aromatic rings. The summed E-state index contributed by atoms with van der Waals surface area (Å²) in [7, 11) is 1.74. The van der Waals surface area contributed by atoms with Gasteiger partial charge in [0.1, 0.15) is 5.82 Å². The minimum absolute atomic E-state index is 0.134. The van der Waals surface area contributed by atoms with E-state index < -0.39 is 0 Å². The number of anilines is 1. The van der Waals surface area contributed by atoms with Crippen molar-refractivity contribution in [1.82, 2.24) is 15.5 Å². The van der Waals surface area contributed by atoms with Gasteiger partial charge in [-0.1, -0.05) is 23.7 Å². The van der Waals surface area contributed by atoms with E-state index in [4.69, 9.17) is 11.6 Å². The van der Waals surface area contributed by atoms with E-state index in [1.54, 1.807) is 31.3 Å². The fourth-order valence-corrected chi connectivity index (χ4v) is 1.82. The summed E-state index contributed by atoms with van der Waals surface area (Å²) in [5.74, 6) is 0.356. The van der Waals surface area contributed by atoms with Crippen LogP contribution >= 0.6 is 11.6 Å². The Morgan fingerprint density at radius 2 is 1.85 bits per heavy atom. The van der Waals surface area contributed by atoms with Crippen molar-refractivity contribution in [2.45, 2.75) is 13.0 Å². The number of halogens is 1. The van der Waals surface area contributed by atoms with Crippen molar-refractivity contribution in [3.8, 4) is 0 Å². The first kappa shape index (κ1) is 14.3. The average molecular weight is 291 g/mol. The Bertz CT molecular complexity index is 583. The second kappa shape index (κ2) is 6.34. The number of nitrogens with one attached hydrogen (secondary N) is 2. The predicted octanol–water partition coefficient (Wildman–Crippen LogP) is 2.66. The third-order valence-electron chi connectivity index (χ3n) is 2.87. The minimum Gasteiger partial charge on any atom is -0.372 e. The van der Waals surface area contributed by atoms with Crippen molar-refractivity contribution in [3.63, 3.8) is 0 Å². The van der Waals surface area contributed by atoms with Gasteiger partial charge in [-0.15, -0.1) is 10.2 Å². The third-order valence-corrected chi connectivity index (χ3v) is 3.12. The van der Waals surface area contributed by atoms with E-state index in [-0.39, 0.29) is 17.6 Å². The maximum atomic E-state index is 12.0. The molecule has 0 fully saturated rings. The lowest BCUT2D eigenvalue weighted by molar-refractivity contribution is 0.0934. The highest BCUT2D eigenvalue weighted by molar-refractivity contribution is 6.30. The van der Waals surface area contributed by atoms with E-state index in [1.807, 2.05) is 19.1 Å². The van der Waals surface area contributed by atoms with Gasteiger partial charge in [0, 0.05) is 12.1 Å². The Labute approximate surface area is 122 Å². The zero-order valence-electron chi connectivity index (χ0n) is 11.2. The molecule has 1 atom stereocenters. The van der Waals surface area contributed by atoms with E-state index >= 15 is 0 Å². The van der Waals surface area contributed by atoms with E-state index in [9.17, 15) is 4.79 Å². The minimum atomic E-state index is -0.261. The highest BCUT2D eigenvalue weighted by Crippen LogP contribution is 2.16. The lowest BCUT2D eigenvalue weighted by Crippen LogP contribution is -2.27. The molecular formula is C14H15ClN4O. The number of hydrogen-bond donors (Lipinski definition) is 2. The fourth-order valence-electron chi connectivity index (χ4n) is 1.69. The first-order valence-electron chi connectivity index (χ1n) is 6.18. The highest BCUT2D eigenvalue weighted by atomic mass is 35.5. The molecule has 0 saturated heterocycles. The molecular weight excluding hydrogens is 276 g/mol. The molecule has 0 spiro atoms. The zero-order chi connectivity index (χ0) is 14.5. The molecule has 0 bridgehead atoms. The van der Waals surface area contributed by atoms with Crippen LogP contribution in [-0.4, -0.2) is 23.2 Å². The number of nitrogens with zero attached hydrogens (tertiary/aromatic N) is 2. The SMILES string of the molecule is CNc1ccc(C(=O)NC(C)c2ccc(Cl)cc2)nn1. The summed E-state index contributed by atoms with van der Waals surface area (Å²) in [6.07, 6.45) is 0. The van der Waals surface area contributed by atoms with Crippen LogP contribution in [0, 0.1) is 0 Å². The normalized spacial score (nSPS) is 11.8. The topological polar surface area (TPSA) is 66.9 Å². The Morgan fingerprint density at radius 1 is 1.15 bits per heavy atom. The van der Waals surface area contributed by atoms with Crippen molar-refractivity contribution in [2.24, 2.45) is 0 Å². The Kier molecular flexibility index (Phi) is 4.53. The average Bonchev–Trinajstić information content (AvgIpc) is 2.48. The van der Waals surface area contributed by atoms with E-state index in [1.165, 1.54) is 0 Å². The van der Waals surface area contributed by atoms with Gasteiger partial charge >= 0.3 is 0 Å². The van der Waals surface area contributed by atoms with Crippen molar-refractivity contribution >= 4 is 23.3 Å². The van der Waals surface area contributed by atoms with Crippen molar-refractivity contribution in [2.75, 3.05) is 12.4 Å². The summed E-state index contributed by atoms with van der Waals surface area (Å²) >= 11 is 5.83. The molecule has 20 heavy (non-hydrogen) atoms. The van der Waals surface area contributed by atoms with Crippen molar-refractivity contribution in [3.05, 3.63) is 52.7 Å². The maximum Gasteiger partial charge on any atom is 0.272 e. The standard InChI is InChI=1S/C14H15ClN4O/c1-9(10-3-5-11(15)6-4-10)17-14(20)12-7-8-13(16-2)19-18-12/h3-9H,1-2H3,(H,16,19)(H,17,20). The van der Waals surface area contributed by atoms with Gasteiger partial charge in [-0.25, -0.2) is 0 Å². The van der Waals surface area contributed by atoms with Gasteiger partial charge in [0.05, 0.1) is 6.04 Å². The predicted molar refractivity (Wildman–Crippen MR) is 78.9 cm³/mol. The van der Waals surface area contributed by atoms with Crippen LogP contribution in [0.5, 0.6) is 0 Å². The molecule has 1 aromatic heterocycles. The number of amides is 1. The quantitative estimate of drug-likeness (QED) is 0.908. The summed E-state index contributed by atoms with van der Waals surface area (Å²) in [5.41, 5.74) is 1.26. The first-order chi connectivity index (χ1) is 9.60. The summed E-state index contributed by atoms with van der Waals surface area (Å²) in [6.45, 7) is 1.90. The molecule has 0 aliphatic heterocycles. The smallest absolute Gasteiger partial charge is 0.272 e. The summed E-state index contributed by atoms with van der Waals surface area (Å²) in [4.78, 5) is 12.0. The third kappa shape index (κ3) is 3.45. The van der Waals surface area contributed by atoms with Gasteiger partial charge < -0.3 is 10.6 Å². The number of benzene rings is 1. The van der Waals surface area contributed by atoms with Crippen LogP contribution in [0.15, 0.2) is 36.4 Å². The lowest BCUT2D eigenvalue weighted by atomic mass is 10.1. The van der Waals surface area contributed by atoms with Crippen molar-refractivity contribution in [1.29, 1.82) is 0 Å². The van der Waals surface area contributed by atoms with Crippen LogP contribution in [0.3, 0.4) is 0 Å². The summed E-state index contributed by atoms with van der Waals surface area (Å²) in [6, 6.07) is 10.5. The van der Waals surface area contributed by atoms with E-state index in [0.29, 0.717) is 10.8 Å². The van der Waals surface area contributed by atoms with E-state index in [2.05, 4.69) is 20.8 Å². The number of carbonyl (C=O) groups excluding carboxylic acids is 1. The van der Waals surface area contributed by atoms with Crippen LogP contribution in [0.2, 0.25) is 5.02 Å². The second-order valence-corrected chi connectivity index (χ2v) is 4.74. The van der Waals surface area contributed by atoms with Crippen LogP contribution in [0.4, 0.5) is 5.82 Å². The number of aromatic nitrogens is 2. The second-order valence-electron chi connectivity index (χ2n) is 4.30. The number of carbonyl (C=O) groups is 1. The molecule has 0 aliphatic rings. The molecule has 0 aliphatic carbocycles. The van der Waals surface area contributed by atoms with Crippen LogP contribution < -0.4 is 10.6 Å². The molecule has 1 amide bonds. The summed E-state index contributed by atoms with van der Waals surface area (Å²) < 4.78 is 0. The Morgan fingerprint density at radius 3 is 2.40 bits per heavy atom. The largest absolute Gasteiger partial charge is 0.372 e. The lowest BCUT2D eigenvalue weighted by Gasteiger charge is -2.14. The molecule has 1 aromatic carbocycles. The molecule has 1 heterocycles. The maximum absolute atomic E-state index is 12.0. The van der Waals surface area contributed by atoms with Gasteiger partial charge in [0.25, 0.3) is 5.91 Å². The fraction of sp³-hybridized carbons (Fsp3) is 0.214. The van der Waals surface area contributed by atoms with Gasteiger partial charge in [-0.2, -0.15) is 0 Å². The Balaban J connectivity index is 2.04. The van der Waals surface area contributed by atoms with E-state index in [0.717, 1.165) is 5.56 Å². The van der Waals surface area contributed by atoms with Gasteiger partial charge in [-0.3, -0.25) is 4.79 Å². The molecule has 0 saturated carbocycles. The molecule has 1 unspecified atom stereocenters. The van der Waals surface area contributed by atoms with Crippen LogP contribution in [0.25, 0.3) is 0 Å². The number of rotatable bonds is 4. The Hall–Kier alpha value is -2.14. The zero-order valence-corrected chi connectivity index (χ0v) is 12.0. The van der Waals surface area contributed by atoms with Crippen LogP contribution in [0.1, 0.15) is 29.0 Å². The monoisotopic (exact) mass is 290 g/mol. The molecule has 6 heteroatoms. The summed E-state index contributed by atoms with van der Waals surface area (Å²) in [5, 5.41) is 14.1.